The first-order chi connectivity index (χ1) is 8.60. The van der Waals surface area contributed by atoms with E-state index in [1.807, 2.05) is 30.8 Å². The number of hydrogen-bond acceptors (Lipinski definition) is 3. The minimum absolute atomic E-state index is 0.825. The molecule has 2 aromatic rings. The lowest BCUT2D eigenvalue weighted by Crippen LogP contribution is -2.01. The molecule has 0 spiro atoms. The van der Waals surface area contributed by atoms with Crippen LogP contribution in [-0.2, 0) is 12.3 Å². The van der Waals surface area contributed by atoms with Crippen LogP contribution in [0.4, 0.5) is 5.69 Å². The molecular formula is C14H19N3S. The average Bonchev–Trinajstić information content (AvgIpc) is 2.68. The summed E-state index contributed by atoms with van der Waals surface area (Å²) in [5.74, 6) is 0.944. The monoisotopic (exact) mass is 261 g/mol. The van der Waals surface area contributed by atoms with Crippen LogP contribution in [0.5, 0.6) is 0 Å². The summed E-state index contributed by atoms with van der Waals surface area (Å²) in [4.78, 5) is 1.28. The van der Waals surface area contributed by atoms with Crippen LogP contribution in [0.3, 0.4) is 0 Å². The van der Waals surface area contributed by atoms with Crippen molar-refractivity contribution in [1.29, 1.82) is 0 Å². The van der Waals surface area contributed by atoms with Crippen molar-refractivity contribution >= 4 is 17.4 Å². The van der Waals surface area contributed by atoms with Gasteiger partial charge in [-0.3, -0.25) is 4.68 Å². The third kappa shape index (κ3) is 2.88. The molecule has 0 fully saturated rings. The second-order valence-electron chi connectivity index (χ2n) is 4.41. The number of nitrogen functional groups attached to an aromatic ring is 1. The molecule has 0 aliphatic rings. The maximum atomic E-state index is 5.76. The van der Waals surface area contributed by atoms with Gasteiger partial charge in [0, 0.05) is 28.6 Å². The molecule has 0 saturated heterocycles. The summed E-state index contributed by atoms with van der Waals surface area (Å²) in [5.41, 5.74) is 10.2. The lowest BCUT2D eigenvalue weighted by molar-refractivity contribution is 0.632. The van der Waals surface area contributed by atoms with E-state index in [0.717, 1.165) is 23.7 Å². The van der Waals surface area contributed by atoms with Crippen molar-refractivity contribution in [3.8, 4) is 0 Å². The first-order valence-electron chi connectivity index (χ1n) is 6.12. The molecule has 0 bridgehead atoms. The fourth-order valence-electron chi connectivity index (χ4n) is 1.98. The van der Waals surface area contributed by atoms with Crippen molar-refractivity contribution in [1.82, 2.24) is 9.78 Å². The normalized spacial score (nSPS) is 10.8. The van der Waals surface area contributed by atoms with Crippen LogP contribution < -0.4 is 5.73 Å². The van der Waals surface area contributed by atoms with Gasteiger partial charge in [0.1, 0.15) is 0 Å². The summed E-state index contributed by atoms with van der Waals surface area (Å²) in [6, 6.07) is 8.22. The fourth-order valence-corrected chi connectivity index (χ4v) is 2.96. The van der Waals surface area contributed by atoms with E-state index < -0.39 is 0 Å². The molecule has 3 nitrogen and oxygen atoms in total. The Morgan fingerprint density at radius 2 is 2.06 bits per heavy atom. The van der Waals surface area contributed by atoms with Crippen molar-refractivity contribution in [2.45, 2.75) is 38.0 Å². The number of rotatable bonds is 4. The Labute approximate surface area is 112 Å². The Morgan fingerprint density at radius 1 is 1.28 bits per heavy atom. The third-order valence-corrected chi connectivity index (χ3v) is 4.07. The molecule has 0 atom stereocenters. The highest BCUT2D eigenvalue weighted by Gasteiger charge is 2.06. The summed E-state index contributed by atoms with van der Waals surface area (Å²) >= 11 is 1.84. The van der Waals surface area contributed by atoms with Gasteiger partial charge < -0.3 is 5.73 Å². The molecule has 0 aliphatic heterocycles. The zero-order chi connectivity index (χ0) is 13.1. The van der Waals surface area contributed by atoms with Gasteiger partial charge in [-0.25, -0.2) is 0 Å². The van der Waals surface area contributed by atoms with Crippen LogP contribution in [0.25, 0.3) is 0 Å². The molecule has 0 radical (unpaired) electrons. The van der Waals surface area contributed by atoms with Gasteiger partial charge in [-0.1, -0.05) is 0 Å². The van der Waals surface area contributed by atoms with Gasteiger partial charge in [0.25, 0.3) is 0 Å². The summed E-state index contributed by atoms with van der Waals surface area (Å²) in [6.45, 7) is 7.18. The van der Waals surface area contributed by atoms with Crippen molar-refractivity contribution in [3.05, 3.63) is 41.2 Å². The Balaban J connectivity index is 2.11. The summed E-state index contributed by atoms with van der Waals surface area (Å²) in [7, 11) is 0. The van der Waals surface area contributed by atoms with Crippen LogP contribution in [0, 0.1) is 13.8 Å². The van der Waals surface area contributed by atoms with E-state index in [1.165, 1.54) is 16.2 Å². The van der Waals surface area contributed by atoms with E-state index in [9.17, 15) is 0 Å². The number of benzene rings is 1. The molecule has 96 valence electrons. The topological polar surface area (TPSA) is 43.8 Å². The first-order valence-corrected chi connectivity index (χ1v) is 7.11. The number of aryl methyl sites for hydroxylation is 3. The van der Waals surface area contributed by atoms with Crippen LogP contribution in [-0.4, -0.2) is 9.78 Å². The fraction of sp³-hybridized carbons (Fsp3) is 0.357. The Bertz CT molecular complexity index is 546. The van der Waals surface area contributed by atoms with E-state index in [4.69, 9.17) is 5.73 Å². The smallest absolute Gasteiger partial charge is 0.0596 e. The molecule has 1 heterocycles. The standard InChI is InChI=1S/C14H19N3S/c1-4-17-13(8-11(3)16-17)9-18-14-6-5-12(15)7-10(14)2/h5-8H,4,9,15H2,1-3H3. The largest absolute Gasteiger partial charge is 0.399 e. The van der Waals surface area contributed by atoms with Crippen molar-refractivity contribution in [2.24, 2.45) is 0 Å². The Morgan fingerprint density at radius 3 is 2.72 bits per heavy atom. The van der Waals surface area contributed by atoms with Crippen LogP contribution in [0.2, 0.25) is 0 Å². The minimum Gasteiger partial charge on any atom is -0.399 e. The number of aromatic nitrogens is 2. The van der Waals surface area contributed by atoms with Gasteiger partial charge in [-0.2, -0.15) is 5.10 Å². The minimum atomic E-state index is 0.825. The van der Waals surface area contributed by atoms with Crippen molar-refractivity contribution < 1.29 is 0 Å². The number of thioether (sulfide) groups is 1. The molecule has 0 saturated carbocycles. The van der Waals surface area contributed by atoms with Crippen LogP contribution in [0.1, 0.15) is 23.9 Å². The van der Waals surface area contributed by atoms with Gasteiger partial charge in [-0.05, 0) is 50.6 Å². The number of anilines is 1. The molecule has 18 heavy (non-hydrogen) atoms. The van der Waals surface area contributed by atoms with E-state index >= 15 is 0 Å². The van der Waals surface area contributed by atoms with Gasteiger partial charge in [0.15, 0.2) is 0 Å². The first kappa shape index (κ1) is 13.0. The van der Waals surface area contributed by atoms with E-state index in [1.54, 1.807) is 0 Å². The van der Waals surface area contributed by atoms with Gasteiger partial charge in [0.2, 0.25) is 0 Å². The molecule has 2 rings (SSSR count). The second-order valence-corrected chi connectivity index (χ2v) is 5.42. The quantitative estimate of drug-likeness (QED) is 0.677. The maximum Gasteiger partial charge on any atom is 0.0596 e. The summed E-state index contributed by atoms with van der Waals surface area (Å²) in [5, 5.41) is 4.46. The van der Waals surface area contributed by atoms with Crippen molar-refractivity contribution in [3.63, 3.8) is 0 Å². The van der Waals surface area contributed by atoms with Gasteiger partial charge in [0.05, 0.1) is 5.69 Å². The summed E-state index contributed by atoms with van der Waals surface area (Å²) < 4.78 is 2.06. The SMILES string of the molecule is CCn1nc(C)cc1CSc1ccc(N)cc1C. The zero-order valence-electron chi connectivity index (χ0n) is 11.1. The van der Waals surface area contributed by atoms with Gasteiger partial charge in [-0.15, -0.1) is 11.8 Å². The number of nitrogens with two attached hydrogens (primary N) is 1. The number of hydrogen-bond donors (Lipinski definition) is 1. The maximum absolute atomic E-state index is 5.76. The van der Waals surface area contributed by atoms with E-state index in [-0.39, 0.29) is 0 Å². The molecular weight excluding hydrogens is 242 g/mol. The van der Waals surface area contributed by atoms with E-state index in [0.29, 0.717) is 0 Å². The Kier molecular flexibility index (Phi) is 3.97. The molecule has 0 aliphatic carbocycles. The lowest BCUT2D eigenvalue weighted by Gasteiger charge is -2.07. The van der Waals surface area contributed by atoms with Crippen LogP contribution >= 0.6 is 11.8 Å². The molecule has 1 aromatic carbocycles. The highest BCUT2D eigenvalue weighted by atomic mass is 32.2. The van der Waals surface area contributed by atoms with Gasteiger partial charge >= 0.3 is 0 Å². The van der Waals surface area contributed by atoms with E-state index in [2.05, 4.69) is 35.8 Å². The average molecular weight is 261 g/mol. The highest BCUT2D eigenvalue weighted by molar-refractivity contribution is 7.98. The predicted octanol–water partition coefficient (Wildman–Crippen LogP) is 3.39. The molecule has 4 heteroatoms. The molecule has 0 unspecified atom stereocenters. The van der Waals surface area contributed by atoms with Crippen LogP contribution in [0.15, 0.2) is 29.2 Å². The number of nitrogens with zero attached hydrogens (tertiary/aromatic N) is 2. The molecule has 1 aromatic heterocycles. The zero-order valence-corrected chi connectivity index (χ0v) is 11.9. The lowest BCUT2D eigenvalue weighted by atomic mass is 10.2. The van der Waals surface area contributed by atoms with Crippen molar-refractivity contribution in [2.75, 3.05) is 5.73 Å². The highest BCUT2D eigenvalue weighted by Crippen LogP contribution is 2.27. The molecule has 2 N–H and O–H groups in total. The second kappa shape index (κ2) is 5.48. The predicted molar refractivity (Wildman–Crippen MR) is 77.8 cm³/mol. The third-order valence-electron chi connectivity index (χ3n) is 2.86. The molecule has 0 amide bonds. The summed E-state index contributed by atoms with van der Waals surface area (Å²) in [6.07, 6.45) is 0. The Hall–Kier alpha value is -1.42.